The number of hydrogen-bond acceptors (Lipinski definition) is 3. The zero-order chi connectivity index (χ0) is 8.55. The Morgan fingerprint density at radius 1 is 1.25 bits per heavy atom. The van der Waals surface area contributed by atoms with Crippen molar-refractivity contribution < 1.29 is 0 Å². The van der Waals surface area contributed by atoms with Gasteiger partial charge < -0.3 is 11.5 Å². The summed E-state index contributed by atoms with van der Waals surface area (Å²) in [5.41, 5.74) is 12.0. The summed E-state index contributed by atoms with van der Waals surface area (Å²) in [7, 11) is 0. The molecule has 2 aromatic rings. The zero-order valence-electron chi connectivity index (χ0n) is 6.58. The van der Waals surface area contributed by atoms with Crippen molar-refractivity contribution in [2.75, 3.05) is 5.73 Å². The summed E-state index contributed by atoms with van der Waals surface area (Å²) in [5.74, 6) is 0. The van der Waals surface area contributed by atoms with Crippen LogP contribution >= 0.6 is 11.3 Å². The molecule has 0 fully saturated rings. The van der Waals surface area contributed by atoms with Gasteiger partial charge in [-0.3, -0.25) is 0 Å². The largest absolute Gasteiger partial charge is 0.399 e. The Hall–Kier alpha value is -1.06. The van der Waals surface area contributed by atoms with Crippen molar-refractivity contribution in [2.45, 2.75) is 6.54 Å². The molecular weight excluding hydrogens is 168 g/mol. The molecule has 0 saturated heterocycles. The van der Waals surface area contributed by atoms with E-state index in [1.807, 2.05) is 18.2 Å². The molecule has 0 radical (unpaired) electrons. The predicted molar refractivity (Wildman–Crippen MR) is 54.1 cm³/mol. The summed E-state index contributed by atoms with van der Waals surface area (Å²) in [5, 5.41) is 1.23. The SMILES string of the molecule is NCc1cc2ccc(N)cc2s1. The summed E-state index contributed by atoms with van der Waals surface area (Å²) >= 11 is 1.71. The van der Waals surface area contributed by atoms with Gasteiger partial charge in [0.05, 0.1) is 0 Å². The fourth-order valence-electron chi connectivity index (χ4n) is 1.20. The van der Waals surface area contributed by atoms with Gasteiger partial charge in [-0.2, -0.15) is 0 Å². The summed E-state index contributed by atoms with van der Waals surface area (Å²) < 4.78 is 1.22. The molecule has 0 atom stereocenters. The number of nitrogen functional groups attached to an aromatic ring is 1. The smallest absolute Gasteiger partial charge is 0.0366 e. The summed E-state index contributed by atoms with van der Waals surface area (Å²) in [6.45, 7) is 0.610. The Kier molecular flexibility index (Phi) is 1.75. The minimum atomic E-state index is 0.610. The van der Waals surface area contributed by atoms with Crippen LogP contribution in [0.1, 0.15) is 4.88 Å². The van der Waals surface area contributed by atoms with E-state index in [9.17, 15) is 0 Å². The van der Waals surface area contributed by atoms with Crippen LogP contribution in [0.5, 0.6) is 0 Å². The van der Waals surface area contributed by atoms with E-state index < -0.39 is 0 Å². The highest BCUT2D eigenvalue weighted by molar-refractivity contribution is 7.19. The van der Waals surface area contributed by atoms with Crippen LogP contribution in [0.3, 0.4) is 0 Å². The van der Waals surface area contributed by atoms with Gasteiger partial charge in [-0.25, -0.2) is 0 Å². The number of hydrogen-bond donors (Lipinski definition) is 2. The lowest BCUT2D eigenvalue weighted by molar-refractivity contribution is 1.11. The molecule has 0 spiro atoms. The van der Waals surface area contributed by atoms with Gasteiger partial charge in [0.25, 0.3) is 0 Å². The van der Waals surface area contributed by atoms with E-state index in [0.717, 1.165) is 5.69 Å². The number of nitrogens with two attached hydrogens (primary N) is 2. The molecule has 4 N–H and O–H groups in total. The van der Waals surface area contributed by atoms with Crippen LogP contribution in [0.15, 0.2) is 24.3 Å². The van der Waals surface area contributed by atoms with Crippen LogP contribution in [0.4, 0.5) is 5.69 Å². The van der Waals surface area contributed by atoms with Crippen molar-refractivity contribution >= 4 is 27.1 Å². The van der Waals surface area contributed by atoms with Crippen molar-refractivity contribution in [3.05, 3.63) is 29.1 Å². The number of benzene rings is 1. The fourth-order valence-corrected chi connectivity index (χ4v) is 2.19. The van der Waals surface area contributed by atoms with E-state index in [2.05, 4.69) is 6.07 Å². The standard InChI is InChI=1S/C9H10N2S/c10-5-8-3-6-1-2-7(11)4-9(6)12-8/h1-4H,5,10-11H2. The third-order valence-corrected chi connectivity index (χ3v) is 2.92. The zero-order valence-corrected chi connectivity index (χ0v) is 7.40. The minimum absolute atomic E-state index is 0.610. The molecule has 12 heavy (non-hydrogen) atoms. The molecule has 1 aromatic heterocycles. The van der Waals surface area contributed by atoms with Gasteiger partial charge in [0, 0.05) is 21.8 Å². The van der Waals surface area contributed by atoms with E-state index in [1.54, 1.807) is 11.3 Å². The molecular formula is C9H10N2S. The molecule has 62 valence electrons. The van der Waals surface area contributed by atoms with Crippen LogP contribution < -0.4 is 11.5 Å². The lowest BCUT2D eigenvalue weighted by Crippen LogP contribution is -1.90. The average Bonchev–Trinajstić information content (AvgIpc) is 2.46. The third kappa shape index (κ3) is 1.17. The first-order chi connectivity index (χ1) is 5.79. The second-order valence-electron chi connectivity index (χ2n) is 2.71. The first kappa shape index (κ1) is 7.58. The molecule has 0 aliphatic rings. The highest BCUT2D eigenvalue weighted by Gasteiger charge is 1.99. The van der Waals surface area contributed by atoms with E-state index in [1.165, 1.54) is 15.0 Å². The minimum Gasteiger partial charge on any atom is -0.399 e. The summed E-state index contributed by atoms with van der Waals surface area (Å²) in [6.07, 6.45) is 0. The maximum atomic E-state index is 5.65. The second kappa shape index (κ2) is 2.77. The molecule has 0 unspecified atom stereocenters. The van der Waals surface area contributed by atoms with Crippen LogP contribution in [0.2, 0.25) is 0 Å². The predicted octanol–water partition coefficient (Wildman–Crippen LogP) is 1.94. The fraction of sp³-hybridized carbons (Fsp3) is 0.111. The summed E-state index contributed by atoms with van der Waals surface area (Å²) in [4.78, 5) is 1.20. The lowest BCUT2D eigenvalue weighted by Gasteiger charge is -1.90. The van der Waals surface area contributed by atoms with E-state index in [-0.39, 0.29) is 0 Å². The number of fused-ring (bicyclic) bond motifs is 1. The van der Waals surface area contributed by atoms with Crippen molar-refractivity contribution in [1.29, 1.82) is 0 Å². The normalized spacial score (nSPS) is 10.8. The lowest BCUT2D eigenvalue weighted by atomic mass is 10.2. The molecule has 0 amide bonds. The molecule has 2 rings (SSSR count). The molecule has 0 saturated carbocycles. The second-order valence-corrected chi connectivity index (χ2v) is 3.88. The quantitative estimate of drug-likeness (QED) is 0.656. The Morgan fingerprint density at radius 3 is 2.83 bits per heavy atom. The van der Waals surface area contributed by atoms with Crippen LogP contribution in [-0.2, 0) is 6.54 Å². The monoisotopic (exact) mass is 178 g/mol. The molecule has 1 aromatic carbocycles. The van der Waals surface area contributed by atoms with Gasteiger partial charge in [0.15, 0.2) is 0 Å². The molecule has 2 nitrogen and oxygen atoms in total. The Balaban J connectivity index is 2.67. The van der Waals surface area contributed by atoms with Crippen molar-refractivity contribution in [3.63, 3.8) is 0 Å². The van der Waals surface area contributed by atoms with E-state index in [4.69, 9.17) is 11.5 Å². The van der Waals surface area contributed by atoms with Gasteiger partial charge in [-0.1, -0.05) is 6.07 Å². The maximum Gasteiger partial charge on any atom is 0.0366 e. The Labute approximate surface area is 74.8 Å². The van der Waals surface area contributed by atoms with Gasteiger partial charge in [0.1, 0.15) is 0 Å². The first-order valence-corrected chi connectivity index (χ1v) is 4.59. The van der Waals surface area contributed by atoms with Crippen molar-refractivity contribution in [3.8, 4) is 0 Å². The summed E-state index contributed by atoms with van der Waals surface area (Å²) in [6, 6.07) is 8.04. The van der Waals surface area contributed by atoms with Gasteiger partial charge in [0.2, 0.25) is 0 Å². The van der Waals surface area contributed by atoms with Gasteiger partial charge >= 0.3 is 0 Å². The van der Waals surface area contributed by atoms with E-state index >= 15 is 0 Å². The number of anilines is 1. The van der Waals surface area contributed by atoms with Crippen LogP contribution in [0, 0.1) is 0 Å². The topological polar surface area (TPSA) is 52.0 Å². The average molecular weight is 178 g/mol. The van der Waals surface area contributed by atoms with E-state index in [0.29, 0.717) is 6.54 Å². The van der Waals surface area contributed by atoms with Crippen LogP contribution in [0.25, 0.3) is 10.1 Å². The molecule has 0 aliphatic heterocycles. The molecule has 0 bridgehead atoms. The van der Waals surface area contributed by atoms with Gasteiger partial charge in [-0.15, -0.1) is 11.3 Å². The number of rotatable bonds is 1. The van der Waals surface area contributed by atoms with Crippen molar-refractivity contribution in [1.82, 2.24) is 0 Å². The van der Waals surface area contributed by atoms with Crippen LogP contribution in [-0.4, -0.2) is 0 Å². The highest BCUT2D eigenvalue weighted by Crippen LogP contribution is 2.26. The Morgan fingerprint density at radius 2 is 2.08 bits per heavy atom. The molecule has 0 aliphatic carbocycles. The highest BCUT2D eigenvalue weighted by atomic mass is 32.1. The molecule has 3 heteroatoms. The first-order valence-electron chi connectivity index (χ1n) is 3.77. The maximum absolute atomic E-state index is 5.65. The number of thiophene rings is 1. The third-order valence-electron chi connectivity index (χ3n) is 1.80. The Bertz CT molecular complexity index is 406. The molecule has 1 heterocycles. The van der Waals surface area contributed by atoms with Gasteiger partial charge in [-0.05, 0) is 23.6 Å². The van der Waals surface area contributed by atoms with Crippen molar-refractivity contribution in [2.24, 2.45) is 5.73 Å².